The third-order valence-corrected chi connectivity index (χ3v) is 4.19. The van der Waals surface area contributed by atoms with Crippen molar-refractivity contribution in [1.29, 1.82) is 0 Å². The Kier molecular flexibility index (Phi) is 3.30. The average Bonchev–Trinajstić information content (AvgIpc) is 2.35. The van der Waals surface area contributed by atoms with Crippen molar-refractivity contribution in [3.63, 3.8) is 0 Å². The molecule has 0 saturated carbocycles. The summed E-state index contributed by atoms with van der Waals surface area (Å²) in [5.41, 5.74) is 1.79. The fourth-order valence-corrected chi connectivity index (χ4v) is 3.23. The van der Waals surface area contributed by atoms with Gasteiger partial charge in [-0.25, -0.2) is 13.2 Å². The van der Waals surface area contributed by atoms with E-state index in [1.807, 2.05) is 0 Å². The topological polar surface area (TPSA) is 63.7 Å². The Morgan fingerprint density at radius 3 is 2.72 bits per heavy atom. The van der Waals surface area contributed by atoms with Gasteiger partial charge in [0.15, 0.2) is 0 Å². The highest BCUT2D eigenvalue weighted by atomic mass is 32.2. The second-order valence-corrected chi connectivity index (χ2v) is 6.14. The molecule has 98 valence electrons. The van der Waals surface area contributed by atoms with Gasteiger partial charge in [-0.3, -0.25) is 4.31 Å². The molecule has 0 spiro atoms. The number of carbonyl (C=O) groups excluding carboxylic acids is 1. The summed E-state index contributed by atoms with van der Waals surface area (Å²) in [5.74, 6) is -0.429. The zero-order chi connectivity index (χ0) is 13.3. The Morgan fingerprint density at radius 2 is 2.11 bits per heavy atom. The van der Waals surface area contributed by atoms with Crippen LogP contribution in [0.3, 0.4) is 0 Å². The molecule has 18 heavy (non-hydrogen) atoms. The predicted octanol–water partition coefficient (Wildman–Crippen LogP) is 1.19. The molecule has 0 atom stereocenters. The van der Waals surface area contributed by atoms with Gasteiger partial charge in [0.25, 0.3) is 0 Å². The first-order chi connectivity index (χ1) is 8.45. The van der Waals surface area contributed by atoms with Crippen LogP contribution >= 0.6 is 0 Å². The summed E-state index contributed by atoms with van der Waals surface area (Å²) in [6.07, 6.45) is 2.56. The molecule has 1 aromatic carbocycles. The number of methoxy groups -OCH3 is 1. The fraction of sp³-hybridized carbons (Fsp3) is 0.417. The fourth-order valence-electron chi connectivity index (χ4n) is 2.24. The minimum atomic E-state index is -3.31. The molecule has 0 fully saturated rings. The monoisotopic (exact) mass is 269 g/mol. The van der Waals surface area contributed by atoms with Crippen LogP contribution in [-0.2, 0) is 21.2 Å². The number of hydrogen-bond donors (Lipinski definition) is 0. The summed E-state index contributed by atoms with van der Waals surface area (Å²) in [5, 5.41) is 0. The van der Waals surface area contributed by atoms with Crippen molar-refractivity contribution in [3.8, 4) is 0 Å². The second kappa shape index (κ2) is 4.61. The lowest BCUT2D eigenvalue weighted by Gasteiger charge is -2.30. The first-order valence-corrected chi connectivity index (χ1v) is 7.48. The number of nitrogens with zero attached hydrogens (tertiary/aromatic N) is 1. The van der Waals surface area contributed by atoms with Gasteiger partial charge in [0.05, 0.1) is 24.6 Å². The zero-order valence-corrected chi connectivity index (χ0v) is 11.2. The molecular weight excluding hydrogens is 254 g/mol. The third-order valence-electron chi connectivity index (χ3n) is 3.01. The van der Waals surface area contributed by atoms with Crippen molar-refractivity contribution in [3.05, 3.63) is 29.3 Å². The quantitative estimate of drug-likeness (QED) is 0.756. The van der Waals surface area contributed by atoms with Crippen LogP contribution in [0, 0.1) is 0 Å². The molecule has 0 aliphatic carbocycles. The second-order valence-electron chi connectivity index (χ2n) is 4.23. The third kappa shape index (κ3) is 2.20. The van der Waals surface area contributed by atoms with Gasteiger partial charge in [-0.1, -0.05) is 6.07 Å². The van der Waals surface area contributed by atoms with Gasteiger partial charge in [-0.05, 0) is 30.5 Å². The maximum absolute atomic E-state index is 11.7. The van der Waals surface area contributed by atoms with E-state index < -0.39 is 16.0 Å². The summed E-state index contributed by atoms with van der Waals surface area (Å²) >= 11 is 0. The minimum Gasteiger partial charge on any atom is -0.465 e. The van der Waals surface area contributed by atoms with Crippen LogP contribution < -0.4 is 4.31 Å². The van der Waals surface area contributed by atoms with E-state index in [1.54, 1.807) is 18.2 Å². The van der Waals surface area contributed by atoms with E-state index in [1.165, 1.54) is 17.7 Å². The molecule has 0 radical (unpaired) electrons. The number of fused-ring (bicyclic) bond motifs is 1. The number of carbonyl (C=O) groups is 1. The minimum absolute atomic E-state index is 0.429. The molecule has 0 saturated heterocycles. The van der Waals surface area contributed by atoms with Crippen molar-refractivity contribution < 1.29 is 17.9 Å². The van der Waals surface area contributed by atoms with Gasteiger partial charge in [0, 0.05) is 6.54 Å². The molecule has 0 N–H and O–H groups in total. The lowest BCUT2D eigenvalue weighted by Crippen LogP contribution is -2.35. The van der Waals surface area contributed by atoms with Crippen LogP contribution in [0.5, 0.6) is 0 Å². The van der Waals surface area contributed by atoms with Crippen LogP contribution in [0.2, 0.25) is 0 Å². The molecule has 1 aliphatic heterocycles. The number of ether oxygens (including phenoxy) is 1. The van der Waals surface area contributed by atoms with Gasteiger partial charge in [-0.15, -0.1) is 0 Å². The normalized spacial score (nSPS) is 15.1. The maximum atomic E-state index is 11.7. The molecule has 6 heteroatoms. The molecule has 1 aliphatic rings. The van der Waals surface area contributed by atoms with Crippen LogP contribution in [0.1, 0.15) is 22.3 Å². The molecule has 1 heterocycles. The highest BCUT2D eigenvalue weighted by molar-refractivity contribution is 7.92. The Labute approximate surface area is 106 Å². The Morgan fingerprint density at radius 1 is 1.39 bits per heavy atom. The van der Waals surface area contributed by atoms with Gasteiger partial charge in [-0.2, -0.15) is 0 Å². The predicted molar refractivity (Wildman–Crippen MR) is 68.3 cm³/mol. The van der Waals surface area contributed by atoms with E-state index in [2.05, 4.69) is 0 Å². The lowest BCUT2D eigenvalue weighted by atomic mass is 9.98. The molecule has 0 bridgehead atoms. The standard InChI is InChI=1S/C12H15NO4S/c1-17-12(14)10-5-3-7-11-9(10)6-4-8-13(11)18(2,15)16/h3,5,7H,4,6,8H2,1-2H3. The maximum Gasteiger partial charge on any atom is 0.338 e. The Balaban J connectivity index is 2.57. The van der Waals surface area contributed by atoms with E-state index in [0.717, 1.165) is 5.56 Å². The van der Waals surface area contributed by atoms with Crippen LogP contribution in [0.25, 0.3) is 0 Å². The number of hydrogen-bond acceptors (Lipinski definition) is 4. The smallest absolute Gasteiger partial charge is 0.338 e. The van der Waals surface area contributed by atoms with E-state index >= 15 is 0 Å². The summed E-state index contributed by atoms with van der Waals surface area (Å²) in [6, 6.07) is 5.06. The number of rotatable bonds is 2. The van der Waals surface area contributed by atoms with Crippen LogP contribution in [0.15, 0.2) is 18.2 Å². The largest absolute Gasteiger partial charge is 0.465 e. The Hall–Kier alpha value is -1.56. The van der Waals surface area contributed by atoms with Crippen LogP contribution in [-0.4, -0.2) is 34.3 Å². The van der Waals surface area contributed by atoms with Crippen molar-refractivity contribution in [2.75, 3.05) is 24.2 Å². The average molecular weight is 269 g/mol. The van der Waals surface area contributed by atoms with Crippen molar-refractivity contribution in [1.82, 2.24) is 0 Å². The number of anilines is 1. The highest BCUT2D eigenvalue weighted by Gasteiger charge is 2.27. The molecule has 5 nitrogen and oxygen atoms in total. The molecule has 0 aromatic heterocycles. The molecule has 1 aromatic rings. The van der Waals surface area contributed by atoms with Gasteiger partial charge >= 0.3 is 5.97 Å². The van der Waals surface area contributed by atoms with E-state index in [4.69, 9.17) is 4.74 Å². The molecule has 0 amide bonds. The number of benzene rings is 1. The summed E-state index contributed by atoms with van der Waals surface area (Å²) in [6.45, 7) is 0.455. The highest BCUT2D eigenvalue weighted by Crippen LogP contribution is 2.31. The number of esters is 1. The van der Waals surface area contributed by atoms with Gasteiger partial charge < -0.3 is 4.74 Å². The summed E-state index contributed by atoms with van der Waals surface area (Å²) < 4.78 is 29.5. The summed E-state index contributed by atoms with van der Waals surface area (Å²) in [7, 11) is -1.99. The number of sulfonamides is 1. The first-order valence-electron chi connectivity index (χ1n) is 5.63. The zero-order valence-electron chi connectivity index (χ0n) is 10.3. The van der Waals surface area contributed by atoms with Crippen molar-refractivity contribution >= 4 is 21.7 Å². The first kappa shape index (κ1) is 12.9. The summed E-state index contributed by atoms with van der Waals surface area (Å²) in [4.78, 5) is 11.7. The van der Waals surface area contributed by atoms with Crippen molar-refractivity contribution in [2.24, 2.45) is 0 Å². The lowest BCUT2D eigenvalue weighted by molar-refractivity contribution is 0.0599. The molecule has 0 unspecified atom stereocenters. The molecular formula is C12H15NO4S. The van der Waals surface area contributed by atoms with E-state index in [9.17, 15) is 13.2 Å². The van der Waals surface area contributed by atoms with E-state index in [0.29, 0.717) is 30.6 Å². The SMILES string of the molecule is COC(=O)c1cccc2c1CCCN2S(C)(=O)=O. The Bertz CT molecular complexity index is 580. The van der Waals surface area contributed by atoms with Gasteiger partial charge in [0.1, 0.15) is 0 Å². The van der Waals surface area contributed by atoms with Crippen molar-refractivity contribution in [2.45, 2.75) is 12.8 Å². The van der Waals surface area contributed by atoms with E-state index in [-0.39, 0.29) is 0 Å². The van der Waals surface area contributed by atoms with Gasteiger partial charge in [0.2, 0.25) is 10.0 Å². The van der Waals surface area contributed by atoms with Crippen LogP contribution in [0.4, 0.5) is 5.69 Å². The molecule has 2 rings (SSSR count).